The smallest absolute Gasteiger partial charge is 0.263 e. The number of carbonyl (C=O) groups excluding carboxylic acids is 1. The predicted octanol–water partition coefficient (Wildman–Crippen LogP) is 1.87. The molecule has 0 bridgehead atoms. The first-order valence-electron chi connectivity index (χ1n) is 7.03. The number of aromatic nitrogens is 4. The number of aromatic amines is 1. The molecule has 1 heterocycles. The summed E-state index contributed by atoms with van der Waals surface area (Å²) in [4.78, 5) is 11.9. The van der Waals surface area contributed by atoms with Crippen LogP contribution < -0.4 is 15.4 Å². The number of H-pyrrole nitrogens is 1. The van der Waals surface area contributed by atoms with Crippen LogP contribution >= 0.6 is 15.9 Å². The zero-order chi connectivity index (χ0) is 16.9. The van der Waals surface area contributed by atoms with E-state index in [1.807, 2.05) is 39.0 Å². The maximum Gasteiger partial charge on any atom is 0.263 e. The molecule has 0 fully saturated rings. The number of hydrogen-bond acceptors (Lipinski definition) is 6. The molecule has 0 aliphatic heterocycles. The van der Waals surface area contributed by atoms with E-state index in [0.29, 0.717) is 18.2 Å². The molecular weight excluding hydrogens is 364 g/mol. The van der Waals surface area contributed by atoms with E-state index in [9.17, 15) is 4.79 Å². The van der Waals surface area contributed by atoms with Crippen molar-refractivity contribution in [3.63, 3.8) is 0 Å². The van der Waals surface area contributed by atoms with Crippen molar-refractivity contribution in [1.82, 2.24) is 25.9 Å². The Morgan fingerprint density at radius 1 is 1.39 bits per heavy atom. The molecule has 2 aromatic rings. The van der Waals surface area contributed by atoms with Crippen molar-refractivity contribution in [2.45, 2.75) is 32.9 Å². The van der Waals surface area contributed by atoms with Gasteiger partial charge in [0, 0.05) is 22.1 Å². The van der Waals surface area contributed by atoms with Gasteiger partial charge in [0.1, 0.15) is 5.75 Å². The first-order valence-corrected chi connectivity index (χ1v) is 7.82. The Kier molecular flexibility index (Phi) is 5.54. The van der Waals surface area contributed by atoms with E-state index < -0.39 is 0 Å². The number of halogens is 1. The average molecular weight is 383 g/mol. The third kappa shape index (κ3) is 5.85. The van der Waals surface area contributed by atoms with Crippen molar-refractivity contribution in [2.75, 3.05) is 11.9 Å². The molecule has 0 radical (unpaired) electrons. The number of anilines is 1. The molecule has 1 aromatic carbocycles. The van der Waals surface area contributed by atoms with Gasteiger partial charge in [-0.3, -0.25) is 4.79 Å². The van der Waals surface area contributed by atoms with E-state index >= 15 is 0 Å². The summed E-state index contributed by atoms with van der Waals surface area (Å²) in [6.45, 7) is 6.16. The van der Waals surface area contributed by atoms with Crippen molar-refractivity contribution in [3.05, 3.63) is 28.2 Å². The van der Waals surface area contributed by atoms with Crippen LogP contribution in [0.25, 0.3) is 0 Å². The van der Waals surface area contributed by atoms with Crippen LogP contribution in [0, 0.1) is 0 Å². The van der Waals surface area contributed by atoms with E-state index in [1.54, 1.807) is 0 Å². The maximum atomic E-state index is 11.9. The van der Waals surface area contributed by atoms with Crippen LogP contribution in [0.2, 0.25) is 0 Å². The van der Waals surface area contributed by atoms with Gasteiger partial charge in [-0.05, 0) is 44.2 Å². The summed E-state index contributed by atoms with van der Waals surface area (Å²) in [5.74, 6) is 0.840. The minimum atomic E-state index is -0.289. The summed E-state index contributed by atoms with van der Waals surface area (Å²) in [6.07, 6.45) is 0. The number of hydrogen-bond donors (Lipinski definition) is 3. The van der Waals surface area contributed by atoms with Crippen LogP contribution in [-0.4, -0.2) is 38.7 Å². The molecule has 23 heavy (non-hydrogen) atoms. The third-order valence-electron chi connectivity index (χ3n) is 2.68. The largest absolute Gasteiger partial charge is 0.483 e. The van der Waals surface area contributed by atoms with E-state index in [2.05, 4.69) is 47.2 Å². The molecule has 0 spiro atoms. The van der Waals surface area contributed by atoms with E-state index in [1.165, 1.54) is 0 Å². The van der Waals surface area contributed by atoms with Gasteiger partial charge < -0.3 is 15.4 Å². The minimum Gasteiger partial charge on any atom is -0.483 e. The van der Waals surface area contributed by atoms with Gasteiger partial charge in [0.25, 0.3) is 11.9 Å². The number of carbonyl (C=O) groups is 1. The van der Waals surface area contributed by atoms with Gasteiger partial charge in [-0.1, -0.05) is 21.0 Å². The fraction of sp³-hybridized carbons (Fsp3) is 0.429. The monoisotopic (exact) mass is 382 g/mol. The predicted molar refractivity (Wildman–Crippen MR) is 89.0 cm³/mol. The third-order valence-corrected chi connectivity index (χ3v) is 3.17. The van der Waals surface area contributed by atoms with Crippen molar-refractivity contribution >= 4 is 27.8 Å². The zero-order valence-corrected chi connectivity index (χ0v) is 14.8. The Morgan fingerprint density at radius 3 is 2.83 bits per heavy atom. The van der Waals surface area contributed by atoms with Gasteiger partial charge in [0.2, 0.25) is 0 Å². The van der Waals surface area contributed by atoms with Crippen molar-refractivity contribution < 1.29 is 9.53 Å². The van der Waals surface area contributed by atoms with Crippen LogP contribution in [0.3, 0.4) is 0 Å². The summed E-state index contributed by atoms with van der Waals surface area (Å²) in [5, 5.41) is 19.4. The Morgan fingerprint density at radius 2 is 2.17 bits per heavy atom. The highest BCUT2D eigenvalue weighted by molar-refractivity contribution is 9.10. The van der Waals surface area contributed by atoms with Crippen molar-refractivity contribution in [2.24, 2.45) is 0 Å². The van der Waals surface area contributed by atoms with E-state index in [-0.39, 0.29) is 18.1 Å². The molecule has 8 nitrogen and oxygen atoms in total. The molecule has 1 aromatic heterocycles. The lowest BCUT2D eigenvalue weighted by molar-refractivity contribution is -0.124. The summed E-state index contributed by atoms with van der Waals surface area (Å²) in [5.41, 5.74) is 0.580. The lowest BCUT2D eigenvalue weighted by Crippen LogP contribution is -2.43. The van der Waals surface area contributed by atoms with Crippen LogP contribution in [0.4, 0.5) is 5.95 Å². The lowest BCUT2D eigenvalue weighted by Gasteiger charge is -2.21. The van der Waals surface area contributed by atoms with Crippen LogP contribution in [0.5, 0.6) is 5.75 Å². The van der Waals surface area contributed by atoms with Crippen LogP contribution in [0.1, 0.15) is 26.3 Å². The Hall–Kier alpha value is -2.16. The number of amides is 1. The Bertz CT molecular complexity index is 654. The second-order valence-electron chi connectivity index (χ2n) is 5.93. The number of tetrazole rings is 1. The van der Waals surface area contributed by atoms with Crippen LogP contribution in [0.15, 0.2) is 22.7 Å². The van der Waals surface area contributed by atoms with Gasteiger partial charge in [0.15, 0.2) is 6.61 Å². The molecule has 9 heteroatoms. The Balaban J connectivity index is 1.99. The van der Waals surface area contributed by atoms with Crippen molar-refractivity contribution in [1.29, 1.82) is 0 Å². The molecule has 0 saturated carbocycles. The molecule has 0 saturated heterocycles. The SMILES string of the molecule is CC(C)(C)NC(=O)COc1ccc(Br)cc1CNc1nn[nH]n1. The number of ether oxygens (including phenoxy) is 1. The number of rotatable bonds is 6. The van der Waals surface area contributed by atoms with E-state index in [0.717, 1.165) is 10.0 Å². The number of benzene rings is 1. The molecule has 0 aliphatic rings. The minimum absolute atomic E-state index is 0.0475. The quantitative estimate of drug-likeness (QED) is 0.704. The summed E-state index contributed by atoms with van der Waals surface area (Å²) >= 11 is 3.42. The fourth-order valence-corrected chi connectivity index (χ4v) is 2.24. The molecule has 0 atom stereocenters. The highest BCUT2D eigenvalue weighted by atomic mass is 79.9. The second kappa shape index (κ2) is 7.40. The molecule has 0 aliphatic carbocycles. The lowest BCUT2D eigenvalue weighted by atomic mass is 10.1. The number of nitrogens with zero attached hydrogens (tertiary/aromatic N) is 3. The van der Waals surface area contributed by atoms with E-state index in [4.69, 9.17) is 4.74 Å². The average Bonchev–Trinajstić information content (AvgIpc) is 2.95. The second-order valence-corrected chi connectivity index (χ2v) is 6.84. The van der Waals surface area contributed by atoms with Gasteiger partial charge in [-0.15, -0.1) is 5.10 Å². The van der Waals surface area contributed by atoms with Gasteiger partial charge in [-0.25, -0.2) is 0 Å². The fourth-order valence-electron chi connectivity index (χ4n) is 1.84. The first-order chi connectivity index (χ1) is 10.8. The highest BCUT2D eigenvalue weighted by Crippen LogP contribution is 2.24. The van der Waals surface area contributed by atoms with Crippen molar-refractivity contribution in [3.8, 4) is 5.75 Å². The van der Waals surface area contributed by atoms with Crippen LogP contribution in [-0.2, 0) is 11.3 Å². The summed E-state index contributed by atoms with van der Waals surface area (Å²) in [7, 11) is 0. The summed E-state index contributed by atoms with van der Waals surface area (Å²) in [6, 6.07) is 5.57. The number of nitrogens with one attached hydrogen (secondary N) is 3. The maximum absolute atomic E-state index is 11.9. The molecule has 0 unspecified atom stereocenters. The molecule has 1 amide bonds. The molecular formula is C14H19BrN6O2. The topological polar surface area (TPSA) is 105 Å². The zero-order valence-electron chi connectivity index (χ0n) is 13.2. The normalized spacial score (nSPS) is 11.1. The standard InChI is InChI=1S/C14H19BrN6O2/c1-14(2,3)17-12(22)8-23-11-5-4-10(15)6-9(11)7-16-13-18-20-21-19-13/h4-6H,7-8H2,1-3H3,(H,17,22)(H2,16,18,19,20,21). The molecule has 124 valence electrons. The van der Waals surface area contributed by atoms with Gasteiger partial charge in [0.05, 0.1) is 0 Å². The molecule has 3 N–H and O–H groups in total. The molecule has 2 rings (SSSR count). The Labute approximate surface area is 142 Å². The summed E-state index contributed by atoms with van der Waals surface area (Å²) < 4.78 is 6.54. The van der Waals surface area contributed by atoms with Gasteiger partial charge in [-0.2, -0.15) is 5.21 Å². The highest BCUT2D eigenvalue weighted by Gasteiger charge is 2.15. The first kappa shape index (κ1) is 17.2. The van der Waals surface area contributed by atoms with Gasteiger partial charge >= 0.3 is 0 Å².